The van der Waals surface area contributed by atoms with Crippen molar-refractivity contribution in [3.05, 3.63) is 72.3 Å². The smallest absolute Gasteiger partial charge is 0.250 e. The quantitative estimate of drug-likeness (QED) is 0.403. The minimum atomic E-state index is -0.609. The lowest BCUT2D eigenvalue weighted by Crippen LogP contribution is -2.31. The van der Waals surface area contributed by atoms with E-state index in [9.17, 15) is 9.18 Å². The highest BCUT2D eigenvalue weighted by Crippen LogP contribution is 2.26. The van der Waals surface area contributed by atoms with Crippen LogP contribution >= 0.6 is 0 Å². The third kappa shape index (κ3) is 4.81. The Morgan fingerprint density at radius 1 is 1.14 bits per heavy atom. The number of anilines is 3. The van der Waals surface area contributed by atoms with Crippen LogP contribution in [0.5, 0.6) is 0 Å². The van der Waals surface area contributed by atoms with Gasteiger partial charge in [0.15, 0.2) is 11.6 Å². The Morgan fingerprint density at radius 2 is 1.89 bits per heavy atom. The number of primary amides is 1. The number of benzene rings is 2. The van der Waals surface area contributed by atoms with E-state index in [-0.39, 0.29) is 11.8 Å². The van der Waals surface area contributed by atoms with Gasteiger partial charge in [-0.2, -0.15) is 4.98 Å². The van der Waals surface area contributed by atoms with Crippen LogP contribution in [0, 0.1) is 5.82 Å². The van der Waals surface area contributed by atoms with Crippen molar-refractivity contribution < 1.29 is 9.18 Å². The fourth-order valence-electron chi connectivity index (χ4n) is 4.49. The number of aromatic nitrogens is 3. The highest BCUT2D eigenvalue weighted by atomic mass is 19.1. The number of likely N-dealkylation sites (N-methyl/N-ethyl adjacent to an activating group) is 1. The number of nitrogens with two attached hydrogens (primary N) is 1. The zero-order chi connectivity index (χ0) is 24.4. The van der Waals surface area contributed by atoms with Gasteiger partial charge in [-0.1, -0.05) is 18.2 Å². The van der Waals surface area contributed by atoms with Crippen LogP contribution in [-0.4, -0.2) is 58.6 Å². The molecule has 2 aromatic heterocycles. The molecule has 9 heteroatoms. The lowest BCUT2D eigenvalue weighted by atomic mass is 10.2. The summed E-state index contributed by atoms with van der Waals surface area (Å²) in [4.78, 5) is 25.1. The van der Waals surface area contributed by atoms with Crippen LogP contribution < -0.4 is 16.0 Å². The van der Waals surface area contributed by atoms with E-state index in [2.05, 4.69) is 32.1 Å². The SMILES string of the molecule is CN(CCN1CCCC1)c1ccc(Nc2ncc(F)c(-n3cc(C(N)=O)c4ccccc43)n2)cc1. The average molecular weight is 474 g/mol. The Morgan fingerprint density at radius 3 is 2.63 bits per heavy atom. The number of amides is 1. The largest absolute Gasteiger partial charge is 0.373 e. The molecule has 1 amide bonds. The first-order chi connectivity index (χ1) is 17.0. The van der Waals surface area contributed by atoms with Gasteiger partial charge in [-0.05, 0) is 56.3 Å². The fraction of sp³-hybridized carbons (Fsp3) is 0.269. The lowest BCUT2D eigenvalue weighted by Gasteiger charge is -2.23. The number of hydrogen-bond acceptors (Lipinski definition) is 6. The predicted octanol–water partition coefficient (Wildman–Crippen LogP) is 3.93. The fourth-order valence-corrected chi connectivity index (χ4v) is 4.49. The van der Waals surface area contributed by atoms with Crippen molar-refractivity contribution in [3.63, 3.8) is 0 Å². The molecule has 3 N–H and O–H groups in total. The normalized spacial score (nSPS) is 13.9. The molecule has 8 nitrogen and oxygen atoms in total. The first-order valence-electron chi connectivity index (χ1n) is 11.7. The van der Waals surface area contributed by atoms with Crippen LogP contribution in [0.25, 0.3) is 16.7 Å². The molecule has 0 spiro atoms. The number of carbonyl (C=O) groups is 1. The van der Waals surface area contributed by atoms with E-state index >= 15 is 0 Å². The number of hydrogen-bond donors (Lipinski definition) is 2. The van der Waals surface area contributed by atoms with Crippen LogP contribution in [0.1, 0.15) is 23.2 Å². The van der Waals surface area contributed by atoms with Crippen molar-refractivity contribution in [2.75, 3.05) is 43.4 Å². The average Bonchev–Trinajstić information content (AvgIpc) is 3.52. The summed E-state index contributed by atoms with van der Waals surface area (Å²) in [5, 5.41) is 3.78. The van der Waals surface area contributed by atoms with Crippen molar-refractivity contribution >= 4 is 34.1 Å². The van der Waals surface area contributed by atoms with Crippen LogP contribution in [-0.2, 0) is 0 Å². The summed E-state index contributed by atoms with van der Waals surface area (Å²) < 4.78 is 16.3. The zero-order valence-corrected chi connectivity index (χ0v) is 19.6. The number of rotatable bonds is 8. The molecular weight excluding hydrogens is 445 g/mol. The third-order valence-electron chi connectivity index (χ3n) is 6.45. The Hall–Kier alpha value is -3.98. The summed E-state index contributed by atoms with van der Waals surface area (Å²) >= 11 is 0. The van der Waals surface area contributed by atoms with Crippen molar-refractivity contribution in [2.24, 2.45) is 5.73 Å². The zero-order valence-electron chi connectivity index (χ0n) is 19.6. The number of nitrogens with one attached hydrogen (secondary N) is 1. The molecule has 5 rings (SSSR count). The maximum absolute atomic E-state index is 14.8. The first-order valence-corrected chi connectivity index (χ1v) is 11.7. The van der Waals surface area contributed by atoms with Crippen molar-refractivity contribution in [1.29, 1.82) is 0 Å². The molecule has 0 saturated carbocycles. The van der Waals surface area contributed by atoms with E-state index in [4.69, 9.17) is 5.73 Å². The van der Waals surface area contributed by atoms with Crippen molar-refractivity contribution in [1.82, 2.24) is 19.4 Å². The van der Waals surface area contributed by atoms with Gasteiger partial charge in [0.05, 0.1) is 17.3 Å². The van der Waals surface area contributed by atoms with Crippen LogP contribution in [0.15, 0.2) is 60.9 Å². The second-order valence-corrected chi connectivity index (χ2v) is 8.80. The summed E-state index contributed by atoms with van der Waals surface area (Å²) in [6.07, 6.45) is 5.22. The molecule has 1 saturated heterocycles. The van der Waals surface area contributed by atoms with Gasteiger partial charge in [-0.15, -0.1) is 0 Å². The van der Waals surface area contributed by atoms with Gasteiger partial charge in [-0.3, -0.25) is 9.36 Å². The summed E-state index contributed by atoms with van der Waals surface area (Å²) in [5.74, 6) is -0.917. The van der Waals surface area contributed by atoms with Gasteiger partial charge in [0.1, 0.15) is 0 Å². The van der Waals surface area contributed by atoms with Crippen molar-refractivity contribution in [3.8, 4) is 5.82 Å². The Balaban J connectivity index is 1.34. The van der Waals surface area contributed by atoms with Gasteiger partial charge in [-0.25, -0.2) is 9.37 Å². The molecule has 4 aromatic rings. The number of fused-ring (bicyclic) bond motifs is 1. The minimum absolute atomic E-state index is 0.0319. The molecule has 0 unspecified atom stereocenters. The molecule has 0 atom stereocenters. The second kappa shape index (κ2) is 9.71. The number of nitrogens with zero attached hydrogens (tertiary/aromatic N) is 5. The molecular formula is C26H28FN7O. The van der Waals surface area contributed by atoms with Gasteiger partial charge >= 0.3 is 0 Å². The molecule has 35 heavy (non-hydrogen) atoms. The molecule has 2 aromatic carbocycles. The monoisotopic (exact) mass is 473 g/mol. The predicted molar refractivity (Wildman–Crippen MR) is 136 cm³/mol. The number of likely N-dealkylation sites (tertiary alicyclic amines) is 1. The maximum Gasteiger partial charge on any atom is 0.250 e. The molecule has 0 radical (unpaired) electrons. The Kier molecular flexibility index (Phi) is 6.33. The van der Waals surface area contributed by atoms with E-state index in [1.165, 1.54) is 36.7 Å². The van der Waals surface area contributed by atoms with Crippen LogP contribution in [0.4, 0.5) is 21.7 Å². The molecule has 1 aliphatic rings. The second-order valence-electron chi connectivity index (χ2n) is 8.80. The number of para-hydroxylation sites is 1. The van der Waals surface area contributed by atoms with E-state index in [1.807, 2.05) is 30.3 Å². The van der Waals surface area contributed by atoms with Gasteiger partial charge in [0, 0.05) is 43.1 Å². The third-order valence-corrected chi connectivity index (χ3v) is 6.45. The number of halogens is 1. The Labute approximate surface area is 203 Å². The molecule has 180 valence electrons. The summed E-state index contributed by atoms with van der Waals surface area (Å²) in [6.45, 7) is 4.42. The molecule has 1 fully saturated rings. The standard InChI is InChI=1S/C26H28FN7O/c1-32(14-15-33-12-4-5-13-33)19-10-8-18(9-11-19)30-26-29-16-22(27)25(31-26)34-17-21(24(28)35)20-6-2-3-7-23(20)34/h2-3,6-11,16-17H,4-5,12-15H2,1H3,(H2,28,35)(H,29,30,31). The highest BCUT2D eigenvalue weighted by Gasteiger charge is 2.17. The highest BCUT2D eigenvalue weighted by molar-refractivity contribution is 6.06. The van der Waals surface area contributed by atoms with Gasteiger partial charge in [0.2, 0.25) is 5.95 Å². The summed E-state index contributed by atoms with van der Waals surface area (Å²) in [5.41, 5.74) is 8.37. The summed E-state index contributed by atoms with van der Waals surface area (Å²) in [7, 11) is 2.09. The minimum Gasteiger partial charge on any atom is -0.373 e. The van der Waals surface area contributed by atoms with Crippen molar-refractivity contribution in [2.45, 2.75) is 12.8 Å². The molecule has 3 heterocycles. The van der Waals surface area contributed by atoms with Crippen LogP contribution in [0.2, 0.25) is 0 Å². The van der Waals surface area contributed by atoms with E-state index in [1.54, 1.807) is 18.2 Å². The van der Waals surface area contributed by atoms with Crippen LogP contribution in [0.3, 0.4) is 0 Å². The van der Waals surface area contributed by atoms with E-state index in [0.29, 0.717) is 16.5 Å². The summed E-state index contributed by atoms with van der Waals surface area (Å²) in [6, 6.07) is 15.1. The van der Waals surface area contributed by atoms with E-state index in [0.717, 1.165) is 30.7 Å². The van der Waals surface area contributed by atoms with Gasteiger partial charge in [0.25, 0.3) is 5.91 Å². The Bertz CT molecular complexity index is 1350. The first kappa shape index (κ1) is 22.8. The van der Waals surface area contributed by atoms with E-state index < -0.39 is 11.7 Å². The molecule has 0 aliphatic carbocycles. The molecule has 0 bridgehead atoms. The topological polar surface area (TPSA) is 92.3 Å². The number of carbonyl (C=O) groups excluding carboxylic acids is 1. The molecule has 1 aliphatic heterocycles. The maximum atomic E-state index is 14.8. The lowest BCUT2D eigenvalue weighted by molar-refractivity contribution is 0.100. The van der Waals surface area contributed by atoms with Gasteiger partial charge < -0.3 is 20.9 Å².